The Hall–Kier alpha value is -3.15. The van der Waals surface area contributed by atoms with Crippen LogP contribution < -0.4 is 18.9 Å². The van der Waals surface area contributed by atoms with Crippen LogP contribution in [-0.2, 0) is 16.4 Å². The first-order chi connectivity index (χ1) is 15.9. The summed E-state index contributed by atoms with van der Waals surface area (Å²) in [5.74, 6) is 2.23. The highest BCUT2D eigenvalue weighted by Crippen LogP contribution is 2.30. The zero-order valence-corrected chi connectivity index (χ0v) is 20.3. The number of nitrogens with zero attached hydrogens (tertiary/aromatic N) is 3. The van der Waals surface area contributed by atoms with E-state index in [1.165, 1.54) is 37.7 Å². The third-order valence-electron chi connectivity index (χ3n) is 5.17. The van der Waals surface area contributed by atoms with Gasteiger partial charge in [-0.25, -0.2) is 17.7 Å². The van der Waals surface area contributed by atoms with Gasteiger partial charge in [-0.15, -0.1) is 5.10 Å². The minimum Gasteiger partial charge on any atom is -0.497 e. The van der Waals surface area contributed by atoms with E-state index in [-0.39, 0.29) is 11.4 Å². The molecule has 4 aromatic rings. The van der Waals surface area contributed by atoms with Crippen LogP contribution in [0.1, 0.15) is 10.6 Å². The van der Waals surface area contributed by atoms with Crippen LogP contribution in [0.4, 0.5) is 0 Å². The predicted molar refractivity (Wildman–Crippen MR) is 126 cm³/mol. The predicted octanol–water partition coefficient (Wildman–Crippen LogP) is 3.31. The van der Waals surface area contributed by atoms with E-state index in [0.29, 0.717) is 23.7 Å². The number of hydrogen-bond acceptors (Lipinski definition) is 8. The fraction of sp³-hybridized carbons (Fsp3) is 0.273. The second kappa shape index (κ2) is 9.38. The van der Waals surface area contributed by atoms with Crippen molar-refractivity contribution in [1.82, 2.24) is 19.3 Å². The van der Waals surface area contributed by atoms with Crippen molar-refractivity contribution in [3.05, 3.63) is 53.0 Å². The summed E-state index contributed by atoms with van der Waals surface area (Å²) in [6, 6.07) is 12.1. The lowest BCUT2D eigenvalue weighted by Gasteiger charge is -2.11. The van der Waals surface area contributed by atoms with Crippen molar-refractivity contribution in [1.29, 1.82) is 0 Å². The fourth-order valence-corrected chi connectivity index (χ4v) is 5.45. The minimum atomic E-state index is -3.70. The summed E-state index contributed by atoms with van der Waals surface area (Å²) in [4.78, 5) is 6.51. The molecule has 2 heterocycles. The number of methoxy groups -OCH3 is 3. The van der Waals surface area contributed by atoms with Crippen molar-refractivity contribution >= 4 is 26.3 Å². The molecule has 0 saturated heterocycles. The molecule has 0 unspecified atom stereocenters. The Bertz CT molecular complexity index is 1380. The van der Waals surface area contributed by atoms with Crippen molar-refractivity contribution in [2.45, 2.75) is 18.2 Å². The maximum absolute atomic E-state index is 12.7. The van der Waals surface area contributed by atoms with Crippen molar-refractivity contribution in [3.63, 3.8) is 0 Å². The summed E-state index contributed by atoms with van der Waals surface area (Å²) in [5, 5.41) is 4.61. The molecule has 0 fully saturated rings. The zero-order valence-electron chi connectivity index (χ0n) is 18.7. The fourth-order valence-electron chi connectivity index (χ4n) is 3.34. The average Bonchev–Trinajstić information content (AvgIpc) is 3.37. The van der Waals surface area contributed by atoms with Crippen LogP contribution in [0.25, 0.3) is 16.3 Å². The highest BCUT2D eigenvalue weighted by atomic mass is 32.2. The molecule has 0 aliphatic rings. The van der Waals surface area contributed by atoms with Gasteiger partial charge in [0.05, 0.1) is 31.9 Å². The van der Waals surface area contributed by atoms with Crippen LogP contribution in [0, 0.1) is 6.92 Å². The summed E-state index contributed by atoms with van der Waals surface area (Å²) in [6.45, 7) is 2.20. The SMILES string of the molecule is COc1ccc(-c2nc3sc(CCNS(=O)(=O)c4ccc(OC)c(OC)c4)c(C)n3n2)cc1. The van der Waals surface area contributed by atoms with E-state index < -0.39 is 10.0 Å². The van der Waals surface area contributed by atoms with Gasteiger partial charge in [-0.1, -0.05) is 11.3 Å². The van der Waals surface area contributed by atoms with E-state index in [1.54, 1.807) is 17.7 Å². The Kier molecular flexibility index (Phi) is 6.54. The number of aromatic nitrogens is 3. The number of benzene rings is 2. The largest absolute Gasteiger partial charge is 0.497 e. The topological polar surface area (TPSA) is 104 Å². The van der Waals surface area contributed by atoms with Gasteiger partial charge >= 0.3 is 0 Å². The molecule has 0 bridgehead atoms. The van der Waals surface area contributed by atoms with Crippen LogP contribution in [0.2, 0.25) is 0 Å². The molecule has 174 valence electrons. The quantitative estimate of drug-likeness (QED) is 0.385. The van der Waals surface area contributed by atoms with Crippen LogP contribution >= 0.6 is 11.3 Å². The molecular weight excluding hydrogens is 464 g/mol. The number of hydrogen-bond donors (Lipinski definition) is 1. The first kappa shape index (κ1) is 23.0. The Morgan fingerprint density at radius 3 is 2.36 bits per heavy atom. The number of nitrogens with one attached hydrogen (secondary N) is 1. The van der Waals surface area contributed by atoms with E-state index in [0.717, 1.165) is 26.8 Å². The molecule has 0 spiro atoms. The number of thiazole rings is 1. The van der Waals surface area contributed by atoms with Gasteiger partial charge < -0.3 is 14.2 Å². The van der Waals surface area contributed by atoms with Crippen molar-refractivity contribution in [3.8, 4) is 28.6 Å². The zero-order chi connectivity index (χ0) is 23.6. The van der Waals surface area contributed by atoms with Crippen molar-refractivity contribution < 1.29 is 22.6 Å². The number of rotatable bonds is 9. The Morgan fingerprint density at radius 1 is 1.00 bits per heavy atom. The highest BCUT2D eigenvalue weighted by molar-refractivity contribution is 7.89. The third-order valence-corrected chi connectivity index (χ3v) is 7.82. The molecule has 9 nitrogen and oxygen atoms in total. The summed E-state index contributed by atoms with van der Waals surface area (Å²) in [7, 11) is 0.892. The summed E-state index contributed by atoms with van der Waals surface area (Å²) >= 11 is 1.50. The lowest BCUT2D eigenvalue weighted by Crippen LogP contribution is -2.26. The van der Waals surface area contributed by atoms with Gasteiger partial charge in [0.25, 0.3) is 0 Å². The first-order valence-corrected chi connectivity index (χ1v) is 12.4. The molecule has 33 heavy (non-hydrogen) atoms. The Morgan fingerprint density at radius 2 is 1.73 bits per heavy atom. The second-order valence-electron chi connectivity index (χ2n) is 7.13. The maximum atomic E-state index is 12.7. The molecule has 0 aliphatic carbocycles. The van der Waals surface area contributed by atoms with E-state index in [1.807, 2.05) is 31.2 Å². The summed E-state index contributed by atoms with van der Waals surface area (Å²) < 4.78 is 45.4. The van der Waals surface area contributed by atoms with E-state index in [4.69, 9.17) is 14.2 Å². The average molecular weight is 489 g/mol. The van der Waals surface area contributed by atoms with Crippen LogP contribution in [0.5, 0.6) is 17.2 Å². The van der Waals surface area contributed by atoms with Gasteiger partial charge in [0.15, 0.2) is 17.3 Å². The number of ether oxygens (including phenoxy) is 3. The maximum Gasteiger partial charge on any atom is 0.240 e. The molecule has 0 saturated carbocycles. The van der Waals surface area contributed by atoms with Crippen molar-refractivity contribution in [2.24, 2.45) is 0 Å². The minimum absolute atomic E-state index is 0.114. The van der Waals surface area contributed by atoms with Gasteiger partial charge in [-0.3, -0.25) is 0 Å². The molecule has 1 N–H and O–H groups in total. The number of aryl methyl sites for hydroxylation is 1. The van der Waals surface area contributed by atoms with Gasteiger partial charge in [0.2, 0.25) is 15.0 Å². The number of fused-ring (bicyclic) bond motifs is 1. The monoisotopic (exact) mass is 488 g/mol. The lowest BCUT2D eigenvalue weighted by molar-refractivity contribution is 0.354. The van der Waals surface area contributed by atoms with E-state index in [9.17, 15) is 8.42 Å². The molecule has 2 aromatic carbocycles. The van der Waals surface area contributed by atoms with Crippen molar-refractivity contribution in [2.75, 3.05) is 27.9 Å². The van der Waals surface area contributed by atoms with Crippen LogP contribution in [-0.4, -0.2) is 50.9 Å². The third kappa shape index (κ3) is 4.65. The van der Waals surface area contributed by atoms with Gasteiger partial charge in [0.1, 0.15) is 5.75 Å². The van der Waals surface area contributed by atoms with Gasteiger partial charge in [0, 0.05) is 23.1 Å². The summed E-state index contributed by atoms with van der Waals surface area (Å²) in [6.07, 6.45) is 0.520. The molecule has 2 aromatic heterocycles. The standard InChI is InChI=1S/C22H24N4O5S2/c1-14-20(11-12-23-33(27,28)17-9-10-18(30-3)19(13-17)31-4)32-22-24-21(25-26(14)22)15-5-7-16(29-2)8-6-15/h5-10,13,23H,11-12H2,1-4H3. The smallest absolute Gasteiger partial charge is 0.240 e. The molecule has 11 heteroatoms. The van der Waals surface area contributed by atoms with Gasteiger partial charge in [-0.05, 0) is 49.7 Å². The Balaban J connectivity index is 1.46. The molecule has 0 amide bonds. The highest BCUT2D eigenvalue weighted by Gasteiger charge is 2.18. The van der Waals surface area contributed by atoms with Crippen LogP contribution in [0.3, 0.4) is 0 Å². The normalized spacial score (nSPS) is 11.6. The molecule has 0 atom stereocenters. The Labute approximate surface area is 196 Å². The molecule has 0 aliphatic heterocycles. The van der Waals surface area contributed by atoms with E-state index in [2.05, 4.69) is 14.8 Å². The lowest BCUT2D eigenvalue weighted by atomic mass is 10.2. The molecular formula is C22H24N4O5S2. The van der Waals surface area contributed by atoms with Gasteiger partial charge in [-0.2, -0.15) is 4.98 Å². The first-order valence-electron chi connectivity index (χ1n) is 10.1. The molecule has 0 radical (unpaired) electrons. The second-order valence-corrected chi connectivity index (χ2v) is 9.96. The van der Waals surface area contributed by atoms with E-state index >= 15 is 0 Å². The molecule has 4 rings (SSSR count). The van der Waals surface area contributed by atoms with Crippen LogP contribution in [0.15, 0.2) is 47.4 Å². The number of sulfonamides is 1. The summed E-state index contributed by atoms with van der Waals surface area (Å²) in [5.41, 5.74) is 1.84.